The first-order chi connectivity index (χ1) is 19.6. The van der Waals surface area contributed by atoms with Crippen LogP contribution >= 0.6 is 0 Å². The first-order valence-corrected chi connectivity index (χ1v) is 13.4. The van der Waals surface area contributed by atoms with Gasteiger partial charge in [0.05, 0.1) is 11.4 Å². The molecule has 7 aromatic rings. The predicted molar refractivity (Wildman–Crippen MR) is 159 cm³/mol. The molecule has 0 spiro atoms. The summed E-state index contributed by atoms with van der Waals surface area (Å²) < 4.78 is 12.2. The summed E-state index contributed by atoms with van der Waals surface area (Å²) in [6, 6.07) is 39.4. The van der Waals surface area contributed by atoms with Crippen LogP contribution in [0, 0.1) is 0 Å². The normalized spacial score (nSPS) is 13.9. The van der Waals surface area contributed by atoms with Crippen LogP contribution in [-0.2, 0) is 5.41 Å². The van der Waals surface area contributed by atoms with Crippen molar-refractivity contribution in [2.45, 2.75) is 19.3 Å². The van der Waals surface area contributed by atoms with Crippen LogP contribution in [0.2, 0.25) is 0 Å². The van der Waals surface area contributed by atoms with Crippen LogP contribution in [0.4, 0.5) is 17.1 Å². The SMILES string of the molecule is CC1(C)c2ccccc2N(c2ccc(-c3nc4cc5oc(-c6ccccc6)nc5cc4o3)cc2)c2ccccc21. The fraction of sp³-hybridized carbons (Fsp3) is 0.0857. The van der Waals surface area contributed by atoms with E-state index in [0.29, 0.717) is 22.9 Å². The number of hydrogen-bond donors (Lipinski definition) is 0. The third kappa shape index (κ3) is 3.41. The van der Waals surface area contributed by atoms with Crippen molar-refractivity contribution in [3.63, 3.8) is 0 Å². The Morgan fingerprint density at radius 1 is 0.550 bits per heavy atom. The molecule has 1 aliphatic heterocycles. The van der Waals surface area contributed by atoms with E-state index in [4.69, 9.17) is 13.8 Å². The standard InChI is InChI=1S/C35H25N3O2/c1-35(2)25-12-6-8-14-29(25)38(30-15-9-7-13-26(30)35)24-18-16-23(17-19-24)34-37-28-21-31-27(20-32(28)40-34)36-33(39-31)22-10-4-3-5-11-22/h3-21H,1-2H3. The molecule has 40 heavy (non-hydrogen) atoms. The highest BCUT2D eigenvalue weighted by Crippen LogP contribution is 2.51. The fourth-order valence-corrected chi connectivity index (χ4v) is 5.88. The van der Waals surface area contributed by atoms with Crippen molar-refractivity contribution in [3.8, 4) is 22.9 Å². The van der Waals surface area contributed by atoms with E-state index >= 15 is 0 Å². The Kier molecular flexibility index (Phi) is 4.80. The molecule has 0 fully saturated rings. The number of hydrogen-bond acceptors (Lipinski definition) is 5. The molecule has 1 aliphatic rings. The van der Waals surface area contributed by atoms with E-state index in [0.717, 1.165) is 27.8 Å². The highest BCUT2D eigenvalue weighted by molar-refractivity contribution is 5.91. The van der Waals surface area contributed by atoms with E-state index in [1.807, 2.05) is 42.5 Å². The lowest BCUT2D eigenvalue weighted by atomic mass is 9.73. The largest absolute Gasteiger partial charge is 0.436 e. The second kappa shape index (κ2) is 8.42. The van der Waals surface area contributed by atoms with E-state index in [-0.39, 0.29) is 5.41 Å². The highest BCUT2D eigenvalue weighted by Gasteiger charge is 2.36. The van der Waals surface area contributed by atoms with Gasteiger partial charge in [-0.3, -0.25) is 0 Å². The summed E-state index contributed by atoms with van der Waals surface area (Å²) in [6.07, 6.45) is 0. The fourth-order valence-electron chi connectivity index (χ4n) is 5.88. The summed E-state index contributed by atoms with van der Waals surface area (Å²) in [5.41, 5.74) is 10.7. The quantitative estimate of drug-likeness (QED) is 0.233. The average Bonchev–Trinajstić information content (AvgIpc) is 3.60. The van der Waals surface area contributed by atoms with Gasteiger partial charge in [0.1, 0.15) is 11.0 Å². The lowest BCUT2D eigenvalue weighted by Crippen LogP contribution is -2.30. The monoisotopic (exact) mass is 519 g/mol. The first-order valence-electron chi connectivity index (χ1n) is 13.4. The van der Waals surface area contributed by atoms with Crippen LogP contribution in [-0.4, -0.2) is 9.97 Å². The smallest absolute Gasteiger partial charge is 0.227 e. The number of benzene rings is 5. The lowest BCUT2D eigenvalue weighted by molar-refractivity contribution is 0.618. The minimum absolute atomic E-state index is 0.0856. The molecule has 0 unspecified atom stereocenters. The first kappa shape index (κ1) is 22.8. The van der Waals surface area contributed by atoms with E-state index in [9.17, 15) is 0 Å². The molecular weight excluding hydrogens is 494 g/mol. The van der Waals surface area contributed by atoms with Crippen molar-refractivity contribution in [1.82, 2.24) is 9.97 Å². The maximum atomic E-state index is 6.20. The van der Waals surface area contributed by atoms with Crippen LogP contribution in [0.25, 0.3) is 45.1 Å². The molecular formula is C35H25N3O2. The molecule has 0 radical (unpaired) electrons. The molecule has 0 N–H and O–H groups in total. The summed E-state index contributed by atoms with van der Waals surface area (Å²) in [6.45, 7) is 4.60. The molecule has 0 atom stereocenters. The maximum Gasteiger partial charge on any atom is 0.227 e. The van der Waals surface area contributed by atoms with Gasteiger partial charge in [-0.1, -0.05) is 68.4 Å². The van der Waals surface area contributed by atoms with Crippen molar-refractivity contribution < 1.29 is 8.83 Å². The minimum Gasteiger partial charge on any atom is -0.436 e. The zero-order chi connectivity index (χ0) is 26.8. The highest BCUT2D eigenvalue weighted by atomic mass is 16.4. The van der Waals surface area contributed by atoms with Gasteiger partial charge in [0, 0.05) is 34.4 Å². The van der Waals surface area contributed by atoms with E-state index < -0.39 is 0 Å². The van der Waals surface area contributed by atoms with Crippen molar-refractivity contribution in [2.75, 3.05) is 4.90 Å². The van der Waals surface area contributed by atoms with Crippen molar-refractivity contribution in [3.05, 3.63) is 126 Å². The number of anilines is 3. The number of rotatable bonds is 3. The van der Waals surface area contributed by atoms with Crippen LogP contribution in [0.5, 0.6) is 0 Å². The van der Waals surface area contributed by atoms with Gasteiger partial charge >= 0.3 is 0 Å². The Labute approximate surface area is 231 Å². The molecule has 2 aromatic heterocycles. The second-order valence-electron chi connectivity index (χ2n) is 10.7. The summed E-state index contributed by atoms with van der Waals surface area (Å²) in [4.78, 5) is 11.8. The Bertz CT molecular complexity index is 1930. The van der Waals surface area contributed by atoms with Crippen molar-refractivity contribution in [1.29, 1.82) is 0 Å². The van der Waals surface area contributed by atoms with E-state index in [1.54, 1.807) is 0 Å². The number of oxazole rings is 2. The van der Waals surface area contributed by atoms with Gasteiger partial charge in [-0.2, -0.15) is 0 Å². The van der Waals surface area contributed by atoms with E-state index in [1.165, 1.54) is 22.5 Å². The summed E-state index contributed by atoms with van der Waals surface area (Å²) >= 11 is 0. The molecule has 0 aliphatic carbocycles. The van der Waals surface area contributed by atoms with Gasteiger partial charge in [0.15, 0.2) is 11.2 Å². The summed E-state index contributed by atoms with van der Waals surface area (Å²) in [5, 5.41) is 0. The molecule has 192 valence electrons. The van der Waals surface area contributed by atoms with Gasteiger partial charge in [0.2, 0.25) is 11.8 Å². The van der Waals surface area contributed by atoms with Gasteiger partial charge < -0.3 is 13.7 Å². The van der Waals surface area contributed by atoms with Gasteiger partial charge in [0.25, 0.3) is 0 Å². The third-order valence-electron chi connectivity index (χ3n) is 7.93. The molecule has 5 aromatic carbocycles. The summed E-state index contributed by atoms with van der Waals surface area (Å²) in [5.74, 6) is 1.15. The van der Waals surface area contributed by atoms with E-state index in [2.05, 4.69) is 96.5 Å². The van der Waals surface area contributed by atoms with Crippen LogP contribution in [0.3, 0.4) is 0 Å². The number of aromatic nitrogens is 2. The predicted octanol–water partition coefficient (Wildman–Crippen LogP) is 9.41. The molecule has 0 saturated heterocycles. The van der Waals surface area contributed by atoms with Crippen molar-refractivity contribution >= 4 is 39.3 Å². The number of nitrogens with zero attached hydrogens (tertiary/aromatic N) is 3. The Hall–Kier alpha value is -5.16. The molecule has 0 amide bonds. The van der Waals surface area contributed by atoms with Gasteiger partial charge in [-0.05, 0) is 59.7 Å². The Balaban J connectivity index is 1.17. The number of fused-ring (bicyclic) bond motifs is 4. The van der Waals surface area contributed by atoms with Gasteiger partial charge in [-0.15, -0.1) is 0 Å². The zero-order valence-electron chi connectivity index (χ0n) is 22.1. The molecule has 5 heteroatoms. The van der Waals surface area contributed by atoms with Gasteiger partial charge in [-0.25, -0.2) is 9.97 Å². The lowest BCUT2D eigenvalue weighted by Gasteiger charge is -2.42. The van der Waals surface area contributed by atoms with Crippen LogP contribution in [0.15, 0.2) is 124 Å². The molecule has 5 nitrogen and oxygen atoms in total. The topological polar surface area (TPSA) is 55.3 Å². The third-order valence-corrected chi connectivity index (χ3v) is 7.93. The molecule has 0 saturated carbocycles. The molecule has 8 rings (SSSR count). The Morgan fingerprint density at radius 3 is 1.57 bits per heavy atom. The number of para-hydroxylation sites is 2. The zero-order valence-corrected chi connectivity index (χ0v) is 22.1. The maximum absolute atomic E-state index is 6.20. The van der Waals surface area contributed by atoms with Crippen molar-refractivity contribution in [2.24, 2.45) is 0 Å². The van der Waals surface area contributed by atoms with Crippen LogP contribution in [0.1, 0.15) is 25.0 Å². The Morgan fingerprint density at radius 2 is 1.02 bits per heavy atom. The average molecular weight is 520 g/mol. The minimum atomic E-state index is -0.0856. The molecule has 0 bridgehead atoms. The second-order valence-corrected chi connectivity index (χ2v) is 10.7. The van der Waals surface area contributed by atoms with Crippen LogP contribution < -0.4 is 4.90 Å². The molecule has 3 heterocycles. The summed E-state index contributed by atoms with van der Waals surface area (Å²) in [7, 11) is 0.